The topological polar surface area (TPSA) is 0 Å². The normalized spacial score (nSPS) is 12.0. The monoisotopic (exact) mass is 252 g/mol. The maximum atomic E-state index is 3.64. The van der Waals surface area contributed by atoms with E-state index in [4.69, 9.17) is 0 Å². The lowest BCUT2D eigenvalue weighted by molar-refractivity contribution is 0.281. The predicted octanol–water partition coefficient (Wildman–Crippen LogP) is 4.33. The van der Waals surface area contributed by atoms with Crippen LogP contribution in [0.1, 0.15) is 39.5 Å². The fraction of sp³-hybridized carbons (Fsp3) is 1.00. The Morgan fingerprint density at radius 3 is 2.17 bits per heavy atom. The van der Waals surface area contributed by atoms with E-state index in [1.807, 2.05) is 11.8 Å². The molecule has 0 atom stereocenters. The van der Waals surface area contributed by atoms with Crippen LogP contribution in [0.4, 0.5) is 0 Å². The molecule has 0 N–H and O–H groups in total. The molecule has 0 fully saturated rings. The van der Waals surface area contributed by atoms with Gasteiger partial charge in [0.15, 0.2) is 0 Å². The molecule has 2 heteroatoms. The minimum atomic E-state index is 0.579. The Hall–Kier alpha value is 0.830. The van der Waals surface area contributed by atoms with Gasteiger partial charge < -0.3 is 0 Å². The van der Waals surface area contributed by atoms with Crippen molar-refractivity contribution in [2.45, 2.75) is 39.5 Å². The Morgan fingerprint density at radius 2 is 1.83 bits per heavy atom. The van der Waals surface area contributed by atoms with Gasteiger partial charge in [-0.3, -0.25) is 0 Å². The molecule has 0 radical (unpaired) electrons. The summed E-state index contributed by atoms with van der Waals surface area (Å²) in [5.41, 5.74) is 0.579. The average Bonchev–Trinajstić information content (AvgIpc) is 2.14. The zero-order valence-electron chi connectivity index (χ0n) is 8.53. The second-order valence-electron chi connectivity index (χ2n) is 3.44. The first kappa shape index (κ1) is 12.8. The Balaban J connectivity index is 3.76. The minimum Gasteiger partial charge on any atom is -0.165 e. The van der Waals surface area contributed by atoms with Crippen molar-refractivity contribution < 1.29 is 0 Å². The van der Waals surface area contributed by atoms with Gasteiger partial charge in [0.05, 0.1) is 0 Å². The van der Waals surface area contributed by atoms with Crippen molar-refractivity contribution in [2.75, 3.05) is 17.3 Å². The fourth-order valence-electron chi connectivity index (χ4n) is 1.45. The lowest BCUT2D eigenvalue weighted by atomic mass is 9.80. The van der Waals surface area contributed by atoms with Gasteiger partial charge in [0.25, 0.3) is 0 Å². The van der Waals surface area contributed by atoms with Crippen molar-refractivity contribution >= 4 is 27.7 Å². The number of thioether (sulfide) groups is 1. The van der Waals surface area contributed by atoms with Crippen molar-refractivity contribution in [1.29, 1.82) is 0 Å². The van der Waals surface area contributed by atoms with E-state index < -0.39 is 0 Å². The second kappa shape index (κ2) is 7.25. The van der Waals surface area contributed by atoms with Gasteiger partial charge >= 0.3 is 0 Å². The maximum absolute atomic E-state index is 3.64. The smallest absolute Gasteiger partial charge is 0.00877 e. The van der Waals surface area contributed by atoms with Crippen LogP contribution in [0, 0.1) is 5.41 Å². The average molecular weight is 253 g/mol. The molecule has 0 aliphatic rings. The van der Waals surface area contributed by atoms with E-state index in [2.05, 4.69) is 36.0 Å². The molecule has 74 valence electrons. The predicted molar refractivity (Wildman–Crippen MR) is 64.4 cm³/mol. The third-order valence-corrected chi connectivity index (χ3v) is 4.73. The zero-order chi connectivity index (χ0) is 9.45. The Labute approximate surface area is 90.0 Å². The van der Waals surface area contributed by atoms with Crippen LogP contribution in [0.5, 0.6) is 0 Å². The third-order valence-electron chi connectivity index (χ3n) is 2.84. The highest BCUT2D eigenvalue weighted by Gasteiger charge is 2.23. The van der Waals surface area contributed by atoms with Crippen LogP contribution < -0.4 is 0 Å². The molecule has 0 bridgehead atoms. The van der Waals surface area contributed by atoms with E-state index in [0.717, 1.165) is 0 Å². The molecule has 0 amide bonds. The van der Waals surface area contributed by atoms with Crippen LogP contribution in [0.2, 0.25) is 0 Å². The lowest BCUT2D eigenvalue weighted by Crippen LogP contribution is -2.20. The Bertz CT molecular complexity index is 91.7. The largest absolute Gasteiger partial charge is 0.165 e. The summed E-state index contributed by atoms with van der Waals surface area (Å²) in [6.07, 6.45) is 7.56. The van der Waals surface area contributed by atoms with Gasteiger partial charge in [-0.25, -0.2) is 0 Å². The zero-order valence-corrected chi connectivity index (χ0v) is 10.9. The van der Waals surface area contributed by atoms with Crippen molar-refractivity contribution in [3.63, 3.8) is 0 Å². The van der Waals surface area contributed by atoms with E-state index in [0.29, 0.717) is 5.41 Å². The molecule has 0 spiro atoms. The summed E-state index contributed by atoms with van der Waals surface area (Å²) in [4.78, 5) is 0. The Morgan fingerprint density at radius 1 is 1.25 bits per heavy atom. The maximum Gasteiger partial charge on any atom is 0.00877 e. The molecular weight excluding hydrogens is 232 g/mol. The molecule has 0 aliphatic carbocycles. The number of rotatable bonds is 7. The van der Waals surface area contributed by atoms with Crippen LogP contribution in [0.15, 0.2) is 0 Å². The highest BCUT2D eigenvalue weighted by molar-refractivity contribution is 9.09. The quantitative estimate of drug-likeness (QED) is 0.480. The first-order valence-corrected chi connectivity index (χ1v) is 7.31. The summed E-state index contributed by atoms with van der Waals surface area (Å²) in [5, 5.41) is 1.17. The van der Waals surface area contributed by atoms with E-state index in [1.54, 1.807) is 0 Å². The van der Waals surface area contributed by atoms with Gasteiger partial charge in [0.2, 0.25) is 0 Å². The molecule has 12 heavy (non-hydrogen) atoms. The minimum absolute atomic E-state index is 0.579. The van der Waals surface area contributed by atoms with E-state index >= 15 is 0 Å². The molecule has 0 aliphatic heterocycles. The van der Waals surface area contributed by atoms with Crippen LogP contribution in [-0.2, 0) is 0 Å². The number of hydrogen-bond donors (Lipinski definition) is 0. The van der Waals surface area contributed by atoms with E-state index in [-0.39, 0.29) is 0 Å². The van der Waals surface area contributed by atoms with E-state index in [9.17, 15) is 0 Å². The fourth-order valence-corrected chi connectivity index (χ4v) is 2.96. The van der Waals surface area contributed by atoms with Gasteiger partial charge in [0, 0.05) is 5.33 Å². The van der Waals surface area contributed by atoms with Gasteiger partial charge in [0.1, 0.15) is 0 Å². The summed E-state index contributed by atoms with van der Waals surface area (Å²) in [6.45, 7) is 4.62. The van der Waals surface area contributed by atoms with Crippen molar-refractivity contribution in [1.82, 2.24) is 0 Å². The molecule has 0 unspecified atom stereocenters. The highest BCUT2D eigenvalue weighted by atomic mass is 79.9. The summed E-state index contributed by atoms with van der Waals surface area (Å²) in [5.74, 6) is 1.31. The SMILES string of the molecule is CCC(CC)(CBr)CCCSC. The van der Waals surface area contributed by atoms with Gasteiger partial charge in [-0.15, -0.1) is 0 Å². The van der Waals surface area contributed by atoms with Gasteiger partial charge in [-0.05, 0) is 43.1 Å². The standard InChI is InChI=1S/C10H21BrS/c1-4-10(5-2,9-11)7-6-8-12-3/h4-9H2,1-3H3. The molecular formula is C10H21BrS. The van der Waals surface area contributed by atoms with Gasteiger partial charge in [-0.1, -0.05) is 29.8 Å². The number of hydrogen-bond acceptors (Lipinski definition) is 1. The van der Waals surface area contributed by atoms with Crippen molar-refractivity contribution in [2.24, 2.45) is 5.41 Å². The molecule has 0 heterocycles. The van der Waals surface area contributed by atoms with Crippen LogP contribution in [-0.4, -0.2) is 17.3 Å². The Kier molecular flexibility index (Phi) is 7.76. The molecule has 0 aromatic rings. The molecule has 0 rings (SSSR count). The molecule has 0 aromatic heterocycles. The van der Waals surface area contributed by atoms with Crippen LogP contribution in [0.25, 0.3) is 0 Å². The molecule has 0 saturated heterocycles. The first-order valence-electron chi connectivity index (χ1n) is 4.79. The number of alkyl halides is 1. The number of halogens is 1. The van der Waals surface area contributed by atoms with Gasteiger partial charge in [-0.2, -0.15) is 11.8 Å². The first-order chi connectivity index (χ1) is 5.74. The third kappa shape index (κ3) is 4.18. The summed E-state index contributed by atoms with van der Waals surface area (Å²) < 4.78 is 0. The van der Waals surface area contributed by atoms with Crippen molar-refractivity contribution in [3.05, 3.63) is 0 Å². The van der Waals surface area contributed by atoms with Crippen LogP contribution >= 0.6 is 27.7 Å². The highest BCUT2D eigenvalue weighted by Crippen LogP contribution is 2.34. The lowest BCUT2D eigenvalue weighted by Gasteiger charge is -2.29. The molecule has 0 aromatic carbocycles. The van der Waals surface area contributed by atoms with E-state index in [1.165, 1.54) is 36.8 Å². The van der Waals surface area contributed by atoms with Crippen LogP contribution in [0.3, 0.4) is 0 Å². The summed E-state index contributed by atoms with van der Waals surface area (Å²) >= 11 is 5.60. The van der Waals surface area contributed by atoms with Crippen molar-refractivity contribution in [3.8, 4) is 0 Å². The molecule has 0 nitrogen and oxygen atoms in total. The molecule has 0 saturated carbocycles. The summed E-state index contributed by atoms with van der Waals surface area (Å²) in [7, 11) is 0. The second-order valence-corrected chi connectivity index (χ2v) is 4.98. The summed E-state index contributed by atoms with van der Waals surface area (Å²) in [6, 6.07) is 0.